The van der Waals surface area contributed by atoms with Gasteiger partial charge in [0.25, 0.3) is 5.91 Å². The van der Waals surface area contributed by atoms with E-state index < -0.39 is 0 Å². The SMILES string of the molecule is CCc1nnnn1-c1cc(C(=O)NCc2ccc(C)nc2)cn2c(-c3ccc(C)s3)cnc12. The summed E-state index contributed by atoms with van der Waals surface area (Å²) in [6.45, 7) is 6.36. The Morgan fingerprint density at radius 3 is 2.73 bits per heavy atom. The summed E-state index contributed by atoms with van der Waals surface area (Å²) < 4.78 is 3.58. The highest BCUT2D eigenvalue weighted by Gasteiger charge is 2.19. The predicted molar refractivity (Wildman–Crippen MR) is 125 cm³/mol. The average molecular weight is 459 g/mol. The number of tetrazole rings is 1. The van der Waals surface area contributed by atoms with Crippen molar-refractivity contribution in [1.29, 1.82) is 0 Å². The van der Waals surface area contributed by atoms with Gasteiger partial charge in [0.15, 0.2) is 11.5 Å². The van der Waals surface area contributed by atoms with Gasteiger partial charge in [-0.05, 0) is 54.1 Å². The summed E-state index contributed by atoms with van der Waals surface area (Å²) in [4.78, 5) is 24.4. The second-order valence-corrected chi connectivity index (χ2v) is 9.00. The number of thiophene rings is 1. The van der Waals surface area contributed by atoms with Crippen molar-refractivity contribution in [2.45, 2.75) is 33.7 Å². The molecule has 0 aliphatic heterocycles. The number of aromatic nitrogens is 7. The quantitative estimate of drug-likeness (QED) is 0.417. The molecular formula is C23H22N8OS. The van der Waals surface area contributed by atoms with Gasteiger partial charge in [0.2, 0.25) is 0 Å². The van der Waals surface area contributed by atoms with E-state index >= 15 is 0 Å². The Bertz CT molecular complexity index is 1450. The number of hydrogen-bond acceptors (Lipinski definition) is 7. The minimum absolute atomic E-state index is 0.202. The van der Waals surface area contributed by atoms with Gasteiger partial charge in [-0.1, -0.05) is 13.0 Å². The summed E-state index contributed by atoms with van der Waals surface area (Å²) in [5, 5.41) is 15.1. The van der Waals surface area contributed by atoms with E-state index in [4.69, 9.17) is 0 Å². The molecule has 0 aromatic carbocycles. The molecule has 0 aliphatic carbocycles. The second-order valence-electron chi connectivity index (χ2n) is 7.71. The van der Waals surface area contributed by atoms with Crippen LogP contribution in [0.2, 0.25) is 0 Å². The van der Waals surface area contributed by atoms with Crippen LogP contribution in [0.25, 0.3) is 21.9 Å². The Morgan fingerprint density at radius 1 is 1.12 bits per heavy atom. The molecule has 10 heteroatoms. The first-order valence-electron chi connectivity index (χ1n) is 10.6. The maximum absolute atomic E-state index is 13.2. The monoisotopic (exact) mass is 458 g/mol. The van der Waals surface area contributed by atoms with Crippen LogP contribution < -0.4 is 5.32 Å². The van der Waals surface area contributed by atoms with Crippen LogP contribution in [0.5, 0.6) is 0 Å². The molecule has 0 unspecified atom stereocenters. The highest BCUT2D eigenvalue weighted by molar-refractivity contribution is 7.15. The van der Waals surface area contributed by atoms with Gasteiger partial charge in [0.05, 0.1) is 22.3 Å². The molecule has 166 valence electrons. The molecule has 0 saturated heterocycles. The molecule has 0 radical (unpaired) electrons. The lowest BCUT2D eigenvalue weighted by Crippen LogP contribution is -2.23. The zero-order valence-electron chi connectivity index (χ0n) is 18.5. The first-order valence-corrected chi connectivity index (χ1v) is 11.4. The minimum Gasteiger partial charge on any atom is -0.348 e. The van der Waals surface area contributed by atoms with E-state index in [1.165, 1.54) is 4.88 Å². The van der Waals surface area contributed by atoms with E-state index in [0.717, 1.165) is 21.8 Å². The number of hydrogen-bond donors (Lipinski definition) is 1. The maximum Gasteiger partial charge on any atom is 0.253 e. The summed E-state index contributed by atoms with van der Waals surface area (Å²) in [7, 11) is 0. The molecule has 9 nitrogen and oxygen atoms in total. The summed E-state index contributed by atoms with van der Waals surface area (Å²) >= 11 is 1.68. The van der Waals surface area contributed by atoms with Crippen molar-refractivity contribution in [3.05, 3.63) is 76.4 Å². The minimum atomic E-state index is -0.202. The first-order chi connectivity index (χ1) is 16.0. The van der Waals surface area contributed by atoms with E-state index in [2.05, 4.69) is 49.9 Å². The fourth-order valence-corrected chi connectivity index (χ4v) is 4.48. The molecule has 33 heavy (non-hydrogen) atoms. The van der Waals surface area contributed by atoms with Gasteiger partial charge in [0.1, 0.15) is 5.69 Å². The second kappa shape index (κ2) is 8.55. The Kier molecular flexibility index (Phi) is 5.43. The fraction of sp³-hybridized carbons (Fsp3) is 0.217. The van der Waals surface area contributed by atoms with Crippen LogP contribution >= 0.6 is 11.3 Å². The van der Waals surface area contributed by atoms with Crippen LogP contribution in [-0.2, 0) is 13.0 Å². The fourth-order valence-electron chi connectivity index (χ4n) is 3.60. The molecule has 5 heterocycles. The molecular weight excluding hydrogens is 436 g/mol. The average Bonchev–Trinajstić information content (AvgIpc) is 3.56. The van der Waals surface area contributed by atoms with Crippen molar-refractivity contribution in [3.8, 4) is 16.3 Å². The molecule has 0 bridgehead atoms. The van der Waals surface area contributed by atoms with Crippen molar-refractivity contribution >= 4 is 22.9 Å². The van der Waals surface area contributed by atoms with E-state index in [1.807, 2.05) is 42.8 Å². The van der Waals surface area contributed by atoms with Crippen molar-refractivity contribution in [2.24, 2.45) is 0 Å². The van der Waals surface area contributed by atoms with Crippen LogP contribution in [0.1, 0.15) is 39.2 Å². The Labute approximate surface area is 194 Å². The number of pyridine rings is 2. The van der Waals surface area contributed by atoms with Crippen molar-refractivity contribution in [3.63, 3.8) is 0 Å². The lowest BCUT2D eigenvalue weighted by molar-refractivity contribution is 0.0950. The third-order valence-corrected chi connectivity index (χ3v) is 6.37. The van der Waals surface area contributed by atoms with Crippen LogP contribution in [-0.4, -0.2) is 40.5 Å². The molecule has 0 atom stereocenters. The molecule has 5 aromatic rings. The third-order valence-electron chi connectivity index (χ3n) is 5.35. The van der Waals surface area contributed by atoms with Crippen molar-refractivity contribution in [2.75, 3.05) is 0 Å². The summed E-state index contributed by atoms with van der Waals surface area (Å²) in [5.41, 5.74) is 4.60. The van der Waals surface area contributed by atoms with Crippen LogP contribution in [0.4, 0.5) is 0 Å². The van der Waals surface area contributed by atoms with Gasteiger partial charge < -0.3 is 5.32 Å². The first kappa shape index (κ1) is 21.0. The van der Waals surface area contributed by atoms with Gasteiger partial charge in [-0.15, -0.1) is 16.4 Å². The number of nitrogens with one attached hydrogen (secondary N) is 1. The molecule has 0 spiro atoms. The predicted octanol–water partition coefficient (Wildman–Crippen LogP) is 3.54. The molecule has 5 rings (SSSR count). The highest BCUT2D eigenvalue weighted by atomic mass is 32.1. The Morgan fingerprint density at radius 2 is 2.00 bits per heavy atom. The van der Waals surface area contributed by atoms with Gasteiger partial charge in [0, 0.05) is 35.9 Å². The van der Waals surface area contributed by atoms with Gasteiger partial charge in [-0.2, -0.15) is 4.68 Å². The number of fused-ring (bicyclic) bond motifs is 1. The van der Waals surface area contributed by atoms with Crippen LogP contribution in [0.15, 0.2) is 48.9 Å². The van der Waals surface area contributed by atoms with Crippen molar-refractivity contribution in [1.82, 2.24) is 39.9 Å². The standard InChI is InChI=1S/C23H22N8OS/c1-4-21-27-28-29-31(21)18-9-17(23(32)26-11-16-7-5-14(2)24-10-16)13-30-19(12-25-22(18)30)20-8-6-15(3)33-20/h5-10,12-13H,4,11H2,1-3H3,(H,26,32). The molecule has 0 aliphatic rings. The van der Waals surface area contributed by atoms with Crippen LogP contribution in [0, 0.1) is 13.8 Å². The number of nitrogens with zero attached hydrogens (tertiary/aromatic N) is 7. The maximum atomic E-state index is 13.2. The molecule has 1 amide bonds. The molecule has 1 N–H and O–H groups in total. The number of aryl methyl sites for hydroxylation is 3. The van der Waals surface area contributed by atoms with Crippen LogP contribution in [0.3, 0.4) is 0 Å². The van der Waals surface area contributed by atoms with E-state index in [0.29, 0.717) is 35.7 Å². The van der Waals surface area contributed by atoms with E-state index in [9.17, 15) is 4.79 Å². The zero-order valence-corrected chi connectivity index (χ0v) is 19.3. The summed E-state index contributed by atoms with van der Waals surface area (Å²) in [5.74, 6) is 0.489. The van der Waals surface area contributed by atoms with E-state index in [-0.39, 0.29) is 5.91 Å². The number of carbonyl (C=O) groups is 1. The highest BCUT2D eigenvalue weighted by Crippen LogP contribution is 2.30. The number of imidazole rings is 1. The number of rotatable bonds is 6. The number of amides is 1. The smallest absolute Gasteiger partial charge is 0.253 e. The normalized spacial score (nSPS) is 11.2. The number of carbonyl (C=O) groups excluding carboxylic acids is 1. The van der Waals surface area contributed by atoms with Crippen molar-refractivity contribution < 1.29 is 4.79 Å². The topological polar surface area (TPSA) is 103 Å². The largest absolute Gasteiger partial charge is 0.348 e. The molecule has 0 fully saturated rings. The van der Waals surface area contributed by atoms with Gasteiger partial charge >= 0.3 is 0 Å². The summed E-state index contributed by atoms with van der Waals surface area (Å²) in [6.07, 6.45) is 6.05. The third kappa shape index (κ3) is 4.00. The molecule has 0 saturated carbocycles. The summed E-state index contributed by atoms with van der Waals surface area (Å²) in [6, 6.07) is 9.80. The Balaban J connectivity index is 1.59. The Hall–Kier alpha value is -3.92. The van der Waals surface area contributed by atoms with Gasteiger partial charge in [-0.25, -0.2) is 4.98 Å². The van der Waals surface area contributed by atoms with Gasteiger partial charge in [-0.3, -0.25) is 14.2 Å². The van der Waals surface area contributed by atoms with E-state index in [1.54, 1.807) is 28.3 Å². The zero-order chi connectivity index (χ0) is 22.9. The molecule has 5 aromatic heterocycles. The lowest BCUT2D eigenvalue weighted by Gasteiger charge is -2.11. The lowest BCUT2D eigenvalue weighted by atomic mass is 10.2.